The van der Waals surface area contributed by atoms with Crippen LogP contribution in [-0.2, 0) is 16.3 Å². The van der Waals surface area contributed by atoms with E-state index in [1.54, 1.807) is 32.8 Å². The van der Waals surface area contributed by atoms with E-state index in [4.69, 9.17) is 4.74 Å². The van der Waals surface area contributed by atoms with Crippen molar-refractivity contribution in [3.63, 3.8) is 0 Å². The van der Waals surface area contributed by atoms with Gasteiger partial charge in [0.15, 0.2) is 6.73 Å². The van der Waals surface area contributed by atoms with Crippen LogP contribution in [0.3, 0.4) is 0 Å². The molecule has 1 aliphatic rings. The van der Waals surface area contributed by atoms with Gasteiger partial charge in [-0.15, -0.1) is 5.10 Å². The smallest absolute Gasteiger partial charge is 0.312 e. The number of para-hydroxylation sites is 2. The van der Waals surface area contributed by atoms with Gasteiger partial charge in [0.2, 0.25) is 0 Å². The van der Waals surface area contributed by atoms with Gasteiger partial charge in [-0.05, 0) is 18.2 Å². The van der Waals surface area contributed by atoms with Crippen LogP contribution < -0.4 is 15.5 Å². The zero-order valence-corrected chi connectivity index (χ0v) is 17.7. The molecular formula is C21H26N8O2. The SMILES string of the molecule is CN(C)/N=C(\OCn1cnc2ccccc21)C(=O)Nc1cnccc1N1CCNCC1. The maximum Gasteiger partial charge on any atom is 0.312 e. The van der Waals surface area contributed by atoms with E-state index in [9.17, 15) is 4.79 Å². The standard InChI is InChI=1S/C21H26N8O2/c1-27(2)26-21(31-15-29-14-24-16-5-3-4-6-18(16)29)20(30)25-17-13-23-8-7-19(17)28-11-9-22-10-12-28/h3-8,13-14,22H,9-12,15H2,1-2H3,(H,25,30)/b26-21-. The second-order valence-corrected chi connectivity index (χ2v) is 7.31. The van der Waals surface area contributed by atoms with Crippen molar-refractivity contribution in [1.29, 1.82) is 0 Å². The van der Waals surface area contributed by atoms with E-state index in [-0.39, 0.29) is 12.6 Å². The second kappa shape index (κ2) is 9.43. The van der Waals surface area contributed by atoms with E-state index in [1.165, 1.54) is 5.01 Å². The highest BCUT2D eigenvalue weighted by Crippen LogP contribution is 2.25. The Labute approximate surface area is 180 Å². The van der Waals surface area contributed by atoms with Gasteiger partial charge in [0.05, 0.1) is 34.9 Å². The van der Waals surface area contributed by atoms with Crippen LogP contribution in [0.15, 0.2) is 54.2 Å². The van der Waals surface area contributed by atoms with Crippen molar-refractivity contribution in [2.75, 3.05) is 50.5 Å². The van der Waals surface area contributed by atoms with E-state index in [1.807, 2.05) is 34.9 Å². The number of imidazole rings is 1. The summed E-state index contributed by atoms with van der Waals surface area (Å²) in [6.07, 6.45) is 5.05. The number of nitrogens with zero attached hydrogens (tertiary/aromatic N) is 6. The fourth-order valence-electron chi connectivity index (χ4n) is 3.41. The Bertz CT molecular complexity index is 1070. The molecule has 3 aromatic rings. The molecule has 4 rings (SSSR count). The maximum absolute atomic E-state index is 13.0. The molecule has 0 saturated carbocycles. The molecule has 2 aromatic heterocycles. The summed E-state index contributed by atoms with van der Waals surface area (Å²) in [5.74, 6) is -0.486. The molecular weight excluding hydrogens is 396 g/mol. The molecule has 1 amide bonds. The molecule has 0 spiro atoms. The average Bonchev–Trinajstić information content (AvgIpc) is 3.20. The van der Waals surface area contributed by atoms with Crippen LogP contribution in [0.1, 0.15) is 0 Å². The van der Waals surface area contributed by atoms with Gasteiger partial charge in [-0.2, -0.15) is 0 Å². The van der Waals surface area contributed by atoms with Crippen molar-refractivity contribution in [2.24, 2.45) is 5.10 Å². The van der Waals surface area contributed by atoms with E-state index in [0.717, 1.165) is 42.9 Å². The van der Waals surface area contributed by atoms with Gasteiger partial charge in [0.25, 0.3) is 5.90 Å². The van der Waals surface area contributed by atoms with Crippen LogP contribution >= 0.6 is 0 Å². The van der Waals surface area contributed by atoms with Crippen molar-refractivity contribution in [3.05, 3.63) is 49.1 Å². The maximum atomic E-state index is 13.0. The number of carbonyl (C=O) groups excluding carboxylic acids is 1. The van der Waals surface area contributed by atoms with Crippen LogP contribution in [0.4, 0.5) is 11.4 Å². The Morgan fingerprint density at radius 1 is 1.26 bits per heavy atom. The fraction of sp³-hybridized carbons (Fsp3) is 0.333. The molecule has 31 heavy (non-hydrogen) atoms. The lowest BCUT2D eigenvalue weighted by molar-refractivity contribution is -0.112. The number of piperazine rings is 1. The largest absolute Gasteiger partial charge is 0.451 e. The third kappa shape index (κ3) is 4.92. The Balaban J connectivity index is 1.50. The first-order valence-electron chi connectivity index (χ1n) is 10.1. The number of pyridine rings is 1. The second-order valence-electron chi connectivity index (χ2n) is 7.31. The van der Waals surface area contributed by atoms with Crippen molar-refractivity contribution >= 4 is 34.2 Å². The highest BCUT2D eigenvalue weighted by molar-refractivity contribution is 6.39. The summed E-state index contributed by atoms with van der Waals surface area (Å²) < 4.78 is 7.62. The molecule has 3 heterocycles. The molecule has 1 aliphatic heterocycles. The summed E-state index contributed by atoms with van der Waals surface area (Å²) >= 11 is 0. The lowest BCUT2D eigenvalue weighted by atomic mass is 10.2. The van der Waals surface area contributed by atoms with Crippen LogP contribution in [0.5, 0.6) is 0 Å². The highest BCUT2D eigenvalue weighted by atomic mass is 16.5. The van der Waals surface area contributed by atoms with Gasteiger partial charge in [-0.25, -0.2) is 4.98 Å². The van der Waals surface area contributed by atoms with Gasteiger partial charge in [0.1, 0.15) is 0 Å². The lowest BCUT2D eigenvalue weighted by Crippen LogP contribution is -2.44. The molecule has 10 nitrogen and oxygen atoms in total. The van der Waals surface area contributed by atoms with Gasteiger partial charge in [-0.1, -0.05) is 12.1 Å². The minimum absolute atomic E-state index is 0.0436. The highest BCUT2D eigenvalue weighted by Gasteiger charge is 2.20. The molecule has 0 radical (unpaired) electrons. The van der Waals surface area contributed by atoms with Crippen LogP contribution in [-0.4, -0.2) is 71.6 Å². The first-order valence-corrected chi connectivity index (χ1v) is 10.1. The minimum Gasteiger partial charge on any atom is -0.451 e. The zero-order chi connectivity index (χ0) is 21.6. The third-order valence-electron chi connectivity index (χ3n) is 4.86. The van der Waals surface area contributed by atoms with Crippen molar-refractivity contribution in [1.82, 2.24) is 24.9 Å². The number of hydrazone groups is 1. The Kier molecular flexibility index (Phi) is 6.27. The number of rotatable bonds is 5. The number of hydrogen-bond donors (Lipinski definition) is 2. The summed E-state index contributed by atoms with van der Waals surface area (Å²) in [6, 6.07) is 9.64. The van der Waals surface area contributed by atoms with Gasteiger partial charge in [0, 0.05) is 46.5 Å². The number of amides is 1. The van der Waals surface area contributed by atoms with Crippen molar-refractivity contribution in [2.45, 2.75) is 6.73 Å². The Hall–Kier alpha value is -3.66. The summed E-state index contributed by atoms with van der Waals surface area (Å²) in [7, 11) is 3.47. The van der Waals surface area contributed by atoms with Crippen molar-refractivity contribution in [3.8, 4) is 0 Å². The fourth-order valence-corrected chi connectivity index (χ4v) is 3.41. The quantitative estimate of drug-likeness (QED) is 0.363. The van der Waals surface area contributed by atoms with Gasteiger partial charge in [-0.3, -0.25) is 19.4 Å². The van der Waals surface area contributed by atoms with Crippen LogP contribution in [0, 0.1) is 0 Å². The third-order valence-corrected chi connectivity index (χ3v) is 4.86. The molecule has 0 bridgehead atoms. The van der Waals surface area contributed by atoms with Crippen molar-refractivity contribution < 1.29 is 9.53 Å². The number of ether oxygens (including phenoxy) is 1. The van der Waals surface area contributed by atoms with Gasteiger partial charge >= 0.3 is 5.91 Å². The number of hydrogen-bond acceptors (Lipinski definition) is 8. The summed E-state index contributed by atoms with van der Waals surface area (Å²) in [6.45, 7) is 3.61. The van der Waals surface area contributed by atoms with Crippen LogP contribution in [0.2, 0.25) is 0 Å². The molecule has 0 atom stereocenters. The predicted molar refractivity (Wildman–Crippen MR) is 120 cm³/mol. The molecule has 1 aromatic carbocycles. The van der Waals surface area contributed by atoms with Crippen LogP contribution in [0.25, 0.3) is 11.0 Å². The van der Waals surface area contributed by atoms with E-state index >= 15 is 0 Å². The van der Waals surface area contributed by atoms with E-state index in [2.05, 4.69) is 30.6 Å². The topological polar surface area (TPSA) is 99.9 Å². The molecule has 162 valence electrons. The molecule has 0 unspecified atom stereocenters. The number of benzene rings is 1. The summed E-state index contributed by atoms with van der Waals surface area (Å²) in [4.78, 5) is 23.8. The zero-order valence-electron chi connectivity index (χ0n) is 17.7. The minimum atomic E-state index is -0.442. The Morgan fingerprint density at radius 2 is 2.06 bits per heavy atom. The number of fused-ring (bicyclic) bond motifs is 1. The number of aromatic nitrogens is 3. The lowest BCUT2D eigenvalue weighted by Gasteiger charge is -2.30. The molecule has 1 saturated heterocycles. The van der Waals surface area contributed by atoms with Gasteiger partial charge < -0.3 is 20.3 Å². The number of nitrogens with one attached hydrogen (secondary N) is 2. The first-order chi connectivity index (χ1) is 15.1. The number of carbonyl (C=O) groups is 1. The monoisotopic (exact) mass is 422 g/mol. The summed E-state index contributed by atoms with van der Waals surface area (Å²) in [5.41, 5.74) is 3.32. The predicted octanol–water partition coefficient (Wildman–Crippen LogP) is 1.33. The normalized spacial score (nSPS) is 14.5. The molecule has 10 heteroatoms. The molecule has 2 N–H and O–H groups in total. The van der Waals surface area contributed by atoms with E-state index < -0.39 is 5.91 Å². The first kappa shape index (κ1) is 20.6. The molecule has 1 fully saturated rings. The number of anilines is 2. The average molecular weight is 422 g/mol. The Morgan fingerprint density at radius 3 is 2.87 bits per heavy atom. The van der Waals surface area contributed by atoms with E-state index in [0.29, 0.717) is 5.69 Å². The summed E-state index contributed by atoms with van der Waals surface area (Å²) in [5, 5.41) is 12.0. The molecule has 0 aliphatic carbocycles.